The number of carbonyl (C=O) groups is 1. The summed E-state index contributed by atoms with van der Waals surface area (Å²) in [7, 11) is 0. The average Bonchev–Trinajstić information content (AvgIpc) is 4.14. The van der Waals surface area contributed by atoms with Crippen molar-refractivity contribution in [2.24, 2.45) is 9.98 Å². The molecule has 2 aromatic heterocycles. The van der Waals surface area contributed by atoms with E-state index >= 15 is 0 Å². The molecule has 5 heterocycles. The largest absolute Gasteiger partial charge is 0.420 e. The lowest BCUT2D eigenvalue weighted by Crippen LogP contribution is -2.17. The maximum absolute atomic E-state index is 14.6. The second kappa shape index (κ2) is 17.2. The van der Waals surface area contributed by atoms with Gasteiger partial charge in [-0.25, -0.2) is 14.8 Å². The average molecular weight is 1060 g/mol. The molecule has 6 aromatic carbocycles. The molecule has 2 N–H and O–H groups in total. The first-order valence-electron chi connectivity index (χ1n) is 24.2. The van der Waals surface area contributed by atoms with Gasteiger partial charge in [0.1, 0.15) is 5.70 Å². The van der Waals surface area contributed by atoms with Crippen LogP contribution in [0.15, 0.2) is 176 Å². The molecule has 11 rings (SSSR count). The number of rotatable bonds is 5. The highest BCUT2D eigenvalue weighted by Gasteiger charge is 2.33. The summed E-state index contributed by atoms with van der Waals surface area (Å²) in [6.45, 7) is 20.1. The van der Waals surface area contributed by atoms with Gasteiger partial charge >= 0.3 is 5.97 Å². The Bertz CT molecular complexity index is 3890. The third-order valence-electron chi connectivity index (χ3n) is 13.9. The lowest BCUT2D eigenvalue weighted by atomic mass is 9.83. The molecule has 0 radical (unpaired) electrons. The Morgan fingerprint density at radius 3 is 1.75 bits per heavy atom. The number of fused-ring (bicyclic) bond motifs is 9. The molecule has 71 heavy (non-hydrogen) atoms. The van der Waals surface area contributed by atoms with Crippen LogP contribution in [0.1, 0.15) is 117 Å². The van der Waals surface area contributed by atoms with E-state index in [1.165, 1.54) is 16.7 Å². The van der Waals surface area contributed by atoms with Gasteiger partial charge < -0.3 is 14.7 Å². The van der Waals surface area contributed by atoms with E-state index < -0.39 is 5.97 Å². The number of halogens is 2. The van der Waals surface area contributed by atoms with E-state index in [0.29, 0.717) is 28.1 Å². The van der Waals surface area contributed by atoms with E-state index in [2.05, 4.69) is 213 Å². The molecule has 8 bridgehead atoms. The molecule has 6 nitrogen and oxygen atoms in total. The predicted molar refractivity (Wildman–Crippen MR) is 298 cm³/mol. The number of aromatic amines is 2. The first-order chi connectivity index (χ1) is 33.8. The summed E-state index contributed by atoms with van der Waals surface area (Å²) in [4.78, 5) is 33.6. The molecule has 352 valence electrons. The zero-order chi connectivity index (χ0) is 49.7. The number of aromatic nitrogens is 2. The van der Waals surface area contributed by atoms with Crippen LogP contribution in [-0.2, 0) is 21.0 Å². The number of nitrogens with zero attached hydrogens (tertiary/aromatic N) is 2. The van der Waals surface area contributed by atoms with Gasteiger partial charge in [-0.15, -0.1) is 0 Å². The van der Waals surface area contributed by atoms with Crippen LogP contribution >= 0.6 is 31.9 Å². The number of benzene rings is 6. The minimum absolute atomic E-state index is 0.0313. The Kier molecular flexibility index (Phi) is 11.2. The van der Waals surface area contributed by atoms with Gasteiger partial charge in [0, 0.05) is 41.6 Å². The summed E-state index contributed by atoms with van der Waals surface area (Å²) in [5, 5.41) is 5.40. The Hall–Kier alpha value is -6.87. The maximum atomic E-state index is 14.6. The summed E-state index contributed by atoms with van der Waals surface area (Å²) in [6.07, 6.45) is 2.12. The normalized spacial score (nSPS) is 14.6. The van der Waals surface area contributed by atoms with Crippen LogP contribution in [0, 0.1) is 10.6 Å². The van der Waals surface area contributed by atoms with Crippen LogP contribution in [0.2, 0.25) is 0 Å². The lowest BCUT2D eigenvalue weighted by Gasteiger charge is -2.21. The third-order valence-corrected chi connectivity index (χ3v) is 15.1. The molecular weight excluding hydrogens is 1000 g/mol. The molecule has 8 aromatic rings. The van der Waals surface area contributed by atoms with Crippen molar-refractivity contribution in [3.8, 4) is 11.1 Å². The predicted octanol–water partition coefficient (Wildman–Crippen LogP) is 15.1. The number of aliphatic imine (C=N–C) groups is 1. The molecule has 3 aliphatic rings. The lowest BCUT2D eigenvalue weighted by molar-refractivity contribution is 0.0693. The van der Waals surface area contributed by atoms with E-state index in [0.717, 1.165) is 91.7 Å². The summed E-state index contributed by atoms with van der Waals surface area (Å²) in [5.74, 6) is -0.108. The first kappa shape index (κ1) is 46.5. The second-order valence-corrected chi connectivity index (χ2v) is 23.5. The van der Waals surface area contributed by atoms with E-state index in [1.807, 2.05) is 30.3 Å². The molecular formula is C63H54Br2N4O2. The third kappa shape index (κ3) is 8.25. The van der Waals surface area contributed by atoms with Crippen molar-refractivity contribution in [2.75, 3.05) is 0 Å². The van der Waals surface area contributed by atoms with Gasteiger partial charge in [0.15, 0.2) is 5.76 Å². The van der Waals surface area contributed by atoms with Crippen LogP contribution in [0.3, 0.4) is 0 Å². The zero-order valence-electron chi connectivity index (χ0n) is 41.4. The van der Waals surface area contributed by atoms with Crippen molar-refractivity contribution in [3.63, 3.8) is 0 Å². The molecule has 0 fully saturated rings. The Morgan fingerprint density at radius 2 is 1.13 bits per heavy atom. The van der Waals surface area contributed by atoms with Crippen LogP contribution in [-0.4, -0.2) is 21.6 Å². The smallest absolute Gasteiger partial charge is 0.343 e. The number of esters is 1. The molecule has 3 aliphatic heterocycles. The second-order valence-electron chi connectivity index (χ2n) is 21.8. The van der Waals surface area contributed by atoms with Gasteiger partial charge in [-0.1, -0.05) is 172 Å². The SMILES string of the molecule is CC(C)(C)c1ccc(C2=C3C=C(Br)C(=N3)C(c3ccc(C(C)(C)C)cc3)=c3ccc([nH]3)=c3c4c(c(-c5ccccc5)c5cc(C(C)(C)C)ccc35)C(OC(=O)c3ccccc3)=C(N=4)c3cc(Br)c2[nH]3)cc1. The Labute approximate surface area is 431 Å². The minimum atomic E-state index is -0.478. The maximum Gasteiger partial charge on any atom is 0.343 e. The van der Waals surface area contributed by atoms with Crippen molar-refractivity contribution in [1.82, 2.24) is 9.97 Å². The number of hydrogen-bond acceptors (Lipinski definition) is 4. The fraction of sp³-hybridized carbons (Fsp3) is 0.190. The van der Waals surface area contributed by atoms with Crippen LogP contribution in [0.4, 0.5) is 0 Å². The Balaban J connectivity index is 1.34. The molecule has 0 aliphatic carbocycles. The Morgan fingerprint density at radius 1 is 0.549 bits per heavy atom. The quantitative estimate of drug-likeness (QED) is 0.168. The standard InChI is InChI=1S/C63H54Br2N4O2/c1-61(2,3)39-24-20-36(21-25-39)51-46-30-31-47(66-46)53-42-29-28-41(63(7,8)9)32-43(42)50(35-16-12-10-13-17-35)54-58(53)69-57(59(54)71-60(70)38-18-14-11-15-19-38)49-34-45(65)56(68-49)52(48-33-44(64)55(51)67-48)37-22-26-40(27-23-37)62(4,5)6/h10-34,66,68H,1-9H3. The highest BCUT2D eigenvalue weighted by molar-refractivity contribution is 9.12. The molecule has 0 atom stereocenters. The fourth-order valence-corrected chi connectivity index (χ4v) is 11.0. The van der Waals surface area contributed by atoms with E-state index in [4.69, 9.17) is 14.7 Å². The van der Waals surface area contributed by atoms with Crippen molar-refractivity contribution in [2.45, 2.75) is 78.6 Å². The minimum Gasteiger partial charge on any atom is -0.420 e. The number of ether oxygens (including phenoxy) is 1. The van der Waals surface area contributed by atoms with Crippen molar-refractivity contribution >= 4 is 76.9 Å². The van der Waals surface area contributed by atoms with Crippen molar-refractivity contribution in [3.05, 3.63) is 238 Å². The molecule has 0 amide bonds. The molecule has 0 saturated heterocycles. The first-order valence-corrected chi connectivity index (χ1v) is 25.7. The van der Waals surface area contributed by atoms with E-state index in [-0.39, 0.29) is 16.2 Å². The highest BCUT2D eigenvalue weighted by Crippen LogP contribution is 2.45. The summed E-state index contributed by atoms with van der Waals surface area (Å²) >= 11 is 8.10. The summed E-state index contributed by atoms with van der Waals surface area (Å²) < 4.78 is 8.48. The molecule has 0 spiro atoms. The number of hydrogen-bond donors (Lipinski definition) is 2. The van der Waals surface area contributed by atoms with Crippen molar-refractivity contribution < 1.29 is 9.53 Å². The summed E-state index contributed by atoms with van der Waals surface area (Å²) in [6, 6.07) is 50.4. The van der Waals surface area contributed by atoms with Gasteiger partial charge in [0.05, 0.1) is 39.3 Å². The fourth-order valence-electron chi connectivity index (χ4n) is 9.98. The van der Waals surface area contributed by atoms with Gasteiger partial charge in [-0.05, 0) is 135 Å². The summed E-state index contributed by atoms with van der Waals surface area (Å²) in [5.41, 5.74) is 13.9. The van der Waals surface area contributed by atoms with Crippen molar-refractivity contribution in [1.29, 1.82) is 0 Å². The van der Waals surface area contributed by atoms with E-state index in [1.54, 1.807) is 12.1 Å². The highest BCUT2D eigenvalue weighted by atomic mass is 79.9. The van der Waals surface area contributed by atoms with Crippen LogP contribution < -0.4 is 10.7 Å². The van der Waals surface area contributed by atoms with Gasteiger partial charge in [-0.3, -0.25) is 0 Å². The number of nitrogens with one attached hydrogen (secondary N) is 2. The molecule has 0 unspecified atom stereocenters. The van der Waals surface area contributed by atoms with Crippen LogP contribution in [0.25, 0.3) is 44.5 Å². The van der Waals surface area contributed by atoms with Gasteiger partial charge in [0.25, 0.3) is 0 Å². The number of allylic oxidation sites excluding steroid dienone is 2. The van der Waals surface area contributed by atoms with Gasteiger partial charge in [0.2, 0.25) is 0 Å². The zero-order valence-corrected chi connectivity index (χ0v) is 44.6. The van der Waals surface area contributed by atoms with Gasteiger partial charge in [-0.2, -0.15) is 0 Å². The molecule has 0 saturated carbocycles. The number of H-pyrrole nitrogens is 2. The van der Waals surface area contributed by atoms with E-state index in [9.17, 15) is 4.79 Å². The van der Waals surface area contributed by atoms with Crippen LogP contribution in [0.5, 0.6) is 0 Å². The molecule has 8 heteroatoms. The number of carbonyl (C=O) groups excluding carboxylic acids is 1. The topological polar surface area (TPSA) is 82.6 Å². The monoisotopic (exact) mass is 1060 g/mol.